The van der Waals surface area contributed by atoms with E-state index in [0.717, 1.165) is 31.2 Å². The summed E-state index contributed by atoms with van der Waals surface area (Å²) in [5.74, 6) is 2.47. The number of hydrogen-bond donors (Lipinski definition) is 2. The Morgan fingerprint density at radius 2 is 2.04 bits per heavy atom. The SMILES string of the molecule is CCc1noc(-c2ccc(CCNC(=O)C3C4CCC(C4)C3N)cc2)n1. The molecule has 26 heavy (non-hydrogen) atoms. The molecule has 1 heterocycles. The van der Waals surface area contributed by atoms with Crippen molar-refractivity contribution < 1.29 is 9.32 Å². The minimum atomic E-state index is 0.0152. The van der Waals surface area contributed by atoms with Gasteiger partial charge >= 0.3 is 0 Å². The number of fused-ring (bicyclic) bond motifs is 2. The van der Waals surface area contributed by atoms with Crippen molar-refractivity contribution in [1.82, 2.24) is 15.5 Å². The third-order valence-electron chi connectivity index (χ3n) is 5.98. The molecule has 138 valence electrons. The molecule has 1 aromatic carbocycles. The van der Waals surface area contributed by atoms with E-state index >= 15 is 0 Å². The molecule has 1 amide bonds. The van der Waals surface area contributed by atoms with Crippen molar-refractivity contribution in [3.63, 3.8) is 0 Å². The molecule has 2 saturated carbocycles. The van der Waals surface area contributed by atoms with Crippen LogP contribution in [0.4, 0.5) is 0 Å². The summed E-state index contributed by atoms with van der Waals surface area (Å²) in [5.41, 5.74) is 8.33. The first-order valence-corrected chi connectivity index (χ1v) is 9.61. The van der Waals surface area contributed by atoms with E-state index in [-0.39, 0.29) is 17.9 Å². The summed E-state index contributed by atoms with van der Waals surface area (Å²) in [7, 11) is 0. The Morgan fingerprint density at radius 1 is 1.27 bits per heavy atom. The van der Waals surface area contributed by atoms with Gasteiger partial charge in [-0.2, -0.15) is 4.98 Å². The van der Waals surface area contributed by atoms with Crippen LogP contribution in [0.25, 0.3) is 11.5 Å². The Labute approximate surface area is 153 Å². The topological polar surface area (TPSA) is 94.0 Å². The van der Waals surface area contributed by atoms with Crippen LogP contribution >= 0.6 is 0 Å². The normalized spacial score (nSPS) is 27.0. The minimum absolute atomic E-state index is 0.0152. The van der Waals surface area contributed by atoms with Crippen molar-refractivity contribution in [2.75, 3.05) is 6.54 Å². The second-order valence-corrected chi connectivity index (χ2v) is 7.54. The van der Waals surface area contributed by atoms with Crippen molar-refractivity contribution in [3.8, 4) is 11.5 Å². The molecule has 2 aliphatic carbocycles. The number of nitrogens with two attached hydrogens (primary N) is 1. The number of aromatic nitrogens is 2. The zero-order chi connectivity index (χ0) is 18.1. The van der Waals surface area contributed by atoms with Gasteiger partial charge in [-0.05, 0) is 55.2 Å². The van der Waals surface area contributed by atoms with E-state index in [1.165, 1.54) is 12.0 Å². The maximum Gasteiger partial charge on any atom is 0.257 e. The van der Waals surface area contributed by atoms with Gasteiger partial charge in [-0.3, -0.25) is 4.79 Å². The first-order chi connectivity index (χ1) is 12.7. The lowest BCUT2D eigenvalue weighted by atomic mass is 9.84. The lowest BCUT2D eigenvalue weighted by Crippen LogP contribution is -2.45. The molecule has 2 bridgehead atoms. The van der Waals surface area contributed by atoms with Crippen molar-refractivity contribution in [3.05, 3.63) is 35.7 Å². The Kier molecular flexibility index (Phi) is 4.76. The predicted octanol–water partition coefficient (Wildman–Crippen LogP) is 2.33. The van der Waals surface area contributed by atoms with Crippen molar-refractivity contribution in [2.45, 2.75) is 45.1 Å². The molecule has 0 spiro atoms. The number of aryl methyl sites for hydroxylation is 1. The molecule has 6 heteroatoms. The molecular formula is C20H26N4O2. The maximum atomic E-state index is 12.5. The molecule has 2 aliphatic rings. The summed E-state index contributed by atoms with van der Waals surface area (Å²) in [4.78, 5) is 16.8. The van der Waals surface area contributed by atoms with Crippen LogP contribution in [0.1, 0.15) is 37.6 Å². The molecular weight excluding hydrogens is 328 g/mol. The van der Waals surface area contributed by atoms with Crippen molar-refractivity contribution in [2.24, 2.45) is 23.5 Å². The summed E-state index contributed by atoms with van der Waals surface area (Å²) in [6.45, 7) is 2.63. The summed E-state index contributed by atoms with van der Waals surface area (Å²) in [6.07, 6.45) is 5.05. The molecule has 4 atom stereocenters. The Balaban J connectivity index is 1.29. The summed E-state index contributed by atoms with van der Waals surface area (Å²) in [5, 5.41) is 7.00. The Bertz CT molecular complexity index is 768. The number of benzene rings is 1. The molecule has 2 aromatic rings. The van der Waals surface area contributed by atoms with E-state index in [1.54, 1.807) is 0 Å². The fourth-order valence-corrected chi connectivity index (χ4v) is 4.50. The molecule has 4 unspecified atom stereocenters. The Hall–Kier alpha value is -2.21. The lowest BCUT2D eigenvalue weighted by molar-refractivity contribution is -0.127. The Morgan fingerprint density at radius 3 is 2.69 bits per heavy atom. The highest BCUT2D eigenvalue weighted by molar-refractivity contribution is 5.80. The molecule has 4 rings (SSSR count). The molecule has 0 saturated heterocycles. The van der Waals surface area contributed by atoms with Gasteiger partial charge in [0.15, 0.2) is 5.82 Å². The van der Waals surface area contributed by atoms with Gasteiger partial charge < -0.3 is 15.6 Å². The maximum absolute atomic E-state index is 12.5. The first-order valence-electron chi connectivity index (χ1n) is 9.61. The number of hydrogen-bond acceptors (Lipinski definition) is 5. The number of carbonyl (C=O) groups excluding carboxylic acids is 1. The van der Waals surface area contributed by atoms with Gasteiger partial charge in [0, 0.05) is 24.6 Å². The van der Waals surface area contributed by atoms with E-state index < -0.39 is 0 Å². The standard InChI is InChI=1S/C20H26N4O2/c1-2-16-23-20(26-24-16)13-5-3-12(4-6-13)9-10-22-19(25)17-14-7-8-15(11-14)18(17)21/h3-6,14-15,17-18H,2,7-11,21H2,1H3,(H,22,25). The van der Waals surface area contributed by atoms with Crippen LogP contribution in [0.3, 0.4) is 0 Å². The summed E-state index contributed by atoms with van der Waals surface area (Å²) < 4.78 is 5.26. The number of nitrogens with one attached hydrogen (secondary N) is 1. The average Bonchev–Trinajstić information content (AvgIpc) is 3.38. The predicted molar refractivity (Wildman–Crippen MR) is 98.1 cm³/mol. The van der Waals surface area contributed by atoms with Crippen LogP contribution in [-0.4, -0.2) is 28.6 Å². The van der Waals surface area contributed by atoms with E-state index in [2.05, 4.69) is 15.5 Å². The average molecular weight is 354 g/mol. The highest BCUT2D eigenvalue weighted by atomic mass is 16.5. The van der Waals surface area contributed by atoms with Crippen LogP contribution in [-0.2, 0) is 17.6 Å². The third-order valence-corrected chi connectivity index (χ3v) is 5.98. The molecule has 6 nitrogen and oxygen atoms in total. The highest BCUT2D eigenvalue weighted by Crippen LogP contribution is 2.47. The van der Waals surface area contributed by atoms with Crippen LogP contribution < -0.4 is 11.1 Å². The number of rotatable bonds is 6. The van der Waals surface area contributed by atoms with E-state index in [1.807, 2.05) is 31.2 Å². The van der Waals surface area contributed by atoms with Crippen LogP contribution in [0, 0.1) is 17.8 Å². The first kappa shape index (κ1) is 17.2. The van der Waals surface area contributed by atoms with Crippen LogP contribution in [0.5, 0.6) is 0 Å². The van der Waals surface area contributed by atoms with Crippen LogP contribution in [0.2, 0.25) is 0 Å². The zero-order valence-corrected chi connectivity index (χ0v) is 15.1. The number of nitrogens with zero attached hydrogens (tertiary/aromatic N) is 2. The van der Waals surface area contributed by atoms with Gasteiger partial charge in [-0.1, -0.05) is 24.2 Å². The smallest absolute Gasteiger partial charge is 0.257 e. The molecule has 0 aliphatic heterocycles. The second kappa shape index (κ2) is 7.19. The lowest BCUT2D eigenvalue weighted by Gasteiger charge is -2.27. The monoisotopic (exact) mass is 354 g/mol. The molecule has 0 radical (unpaired) electrons. The fourth-order valence-electron chi connectivity index (χ4n) is 4.50. The third kappa shape index (κ3) is 3.26. The van der Waals surface area contributed by atoms with E-state index in [0.29, 0.717) is 30.1 Å². The molecule has 2 fully saturated rings. The molecule has 3 N–H and O–H groups in total. The van der Waals surface area contributed by atoms with Gasteiger partial charge in [0.1, 0.15) is 0 Å². The number of amides is 1. The van der Waals surface area contributed by atoms with Gasteiger partial charge in [-0.15, -0.1) is 0 Å². The fraction of sp³-hybridized carbons (Fsp3) is 0.550. The van der Waals surface area contributed by atoms with Crippen molar-refractivity contribution in [1.29, 1.82) is 0 Å². The minimum Gasteiger partial charge on any atom is -0.355 e. The van der Waals surface area contributed by atoms with E-state index in [4.69, 9.17) is 10.3 Å². The van der Waals surface area contributed by atoms with E-state index in [9.17, 15) is 4.79 Å². The largest absolute Gasteiger partial charge is 0.355 e. The zero-order valence-electron chi connectivity index (χ0n) is 15.1. The highest BCUT2D eigenvalue weighted by Gasteiger charge is 2.48. The van der Waals surface area contributed by atoms with Gasteiger partial charge in [0.2, 0.25) is 5.91 Å². The quantitative estimate of drug-likeness (QED) is 0.830. The van der Waals surface area contributed by atoms with Crippen LogP contribution in [0.15, 0.2) is 28.8 Å². The summed E-state index contributed by atoms with van der Waals surface area (Å²) >= 11 is 0. The van der Waals surface area contributed by atoms with Gasteiger partial charge in [0.25, 0.3) is 5.89 Å². The van der Waals surface area contributed by atoms with Crippen molar-refractivity contribution >= 4 is 5.91 Å². The second-order valence-electron chi connectivity index (χ2n) is 7.54. The van der Waals surface area contributed by atoms with Gasteiger partial charge in [0.05, 0.1) is 5.92 Å². The summed E-state index contributed by atoms with van der Waals surface area (Å²) in [6, 6.07) is 8.10. The number of carbonyl (C=O) groups is 1. The van der Waals surface area contributed by atoms with Gasteiger partial charge in [-0.25, -0.2) is 0 Å². The molecule has 1 aromatic heterocycles.